The van der Waals surface area contributed by atoms with Gasteiger partial charge in [-0.25, -0.2) is 5.90 Å². The van der Waals surface area contributed by atoms with Crippen LogP contribution in [-0.2, 0) is 52.3 Å². The summed E-state index contributed by atoms with van der Waals surface area (Å²) in [5.41, 5.74) is -1.39. The quantitative estimate of drug-likeness (QED) is 0.0703. The van der Waals surface area contributed by atoms with Crippen molar-refractivity contribution >= 4 is 12.3 Å². The van der Waals surface area contributed by atoms with Crippen molar-refractivity contribution in [3.05, 3.63) is 11.6 Å². The molecule has 0 aromatic rings. The Morgan fingerprint density at radius 2 is 1.51 bits per heavy atom. The zero-order valence-corrected chi connectivity index (χ0v) is 43.5. The number of ether oxygens (including phenoxy) is 8. The van der Waals surface area contributed by atoms with E-state index in [2.05, 4.69) is 54.5 Å². The maximum absolute atomic E-state index is 15.6. The van der Waals surface area contributed by atoms with Crippen LogP contribution in [0.25, 0.3) is 0 Å². The van der Waals surface area contributed by atoms with Crippen LogP contribution in [0.4, 0.5) is 0 Å². The molecular formula is C53H87NO15. The summed E-state index contributed by atoms with van der Waals surface area (Å²) in [6, 6.07) is 0. The van der Waals surface area contributed by atoms with E-state index in [0.717, 1.165) is 32.1 Å². The Kier molecular flexibility index (Phi) is 15.2. The molecule has 0 amide bonds. The van der Waals surface area contributed by atoms with Gasteiger partial charge in [0, 0.05) is 25.6 Å². The van der Waals surface area contributed by atoms with Crippen LogP contribution in [0.15, 0.2) is 11.6 Å². The maximum atomic E-state index is 15.6. The second kappa shape index (κ2) is 19.6. The van der Waals surface area contributed by atoms with Gasteiger partial charge in [0.1, 0.15) is 48.3 Å². The van der Waals surface area contributed by atoms with E-state index in [1.165, 1.54) is 19.0 Å². The predicted molar refractivity (Wildman–Crippen MR) is 251 cm³/mol. The second-order valence-electron chi connectivity index (χ2n) is 24.6. The lowest BCUT2D eigenvalue weighted by Crippen LogP contribution is -2.68. The summed E-state index contributed by atoms with van der Waals surface area (Å²) in [7, 11) is 3.02. The molecule has 0 bridgehead atoms. The Hall–Kier alpha value is -1.64. The summed E-state index contributed by atoms with van der Waals surface area (Å²) < 4.78 is 50.2. The fraction of sp³-hybridized carbons (Fsp3) is 0.925. The number of carbonyl (C=O) groups excluding carboxylic acids is 2. The van der Waals surface area contributed by atoms with E-state index in [0.29, 0.717) is 44.4 Å². The first-order chi connectivity index (χ1) is 32.5. The van der Waals surface area contributed by atoms with Crippen molar-refractivity contribution in [3.63, 3.8) is 0 Å². The minimum Gasteiger partial charge on any atom is -0.432 e. The normalized spacial score (nSPS) is 52.8. The number of allylic oxidation sites excluding steroid dienone is 2. The largest absolute Gasteiger partial charge is 0.432 e. The van der Waals surface area contributed by atoms with Gasteiger partial charge in [0.25, 0.3) is 0 Å². The number of aliphatic hydroxyl groups excluding tert-OH is 4. The van der Waals surface area contributed by atoms with E-state index in [-0.39, 0.29) is 52.6 Å². The zero-order valence-electron chi connectivity index (χ0n) is 43.5. The molecule has 3 heterocycles. The monoisotopic (exact) mass is 978 g/mol. The topological polar surface area (TPSA) is 224 Å². The fourth-order valence-electron chi connectivity index (χ4n) is 16.2. The molecule has 8 aliphatic rings. The summed E-state index contributed by atoms with van der Waals surface area (Å²) in [4.78, 5) is 34.0. The van der Waals surface area contributed by atoms with Crippen molar-refractivity contribution in [2.45, 2.75) is 226 Å². The molecule has 7 fully saturated rings. The molecule has 69 heavy (non-hydrogen) atoms. The lowest BCUT2D eigenvalue weighted by molar-refractivity contribution is -0.385. The minimum atomic E-state index is -1.51. The van der Waals surface area contributed by atoms with Gasteiger partial charge in [-0.05, 0) is 130 Å². The van der Waals surface area contributed by atoms with Gasteiger partial charge in [-0.1, -0.05) is 67.0 Å². The number of carbonyl (C=O) groups is 2. The highest BCUT2D eigenvalue weighted by atomic mass is 16.8. The number of rotatable bonds is 12. The molecule has 394 valence electrons. The highest BCUT2D eigenvalue weighted by Gasteiger charge is 2.72. The summed E-state index contributed by atoms with van der Waals surface area (Å²) in [6.45, 7) is 21.1. The molecule has 0 radical (unpaired) electrons. The molecule has 17 unspecified atom stereocenters. The van der Waals surface area contributed by atoms with Crippen LogP contribution in [0.2, 0.25) is 0 Å². The summed E-state index contributed by atoms with van der Waals surface area (Å²) in [5, 5.41) is 46.6. The van der Waals surface area contributed by atoms with Crippen molar-refractivity contribution in [2.75, 3.05) is 20.8 Å². The average molecular weight is 978 g/mol. The van der Waals surface area contributed by atoms with Gasteiger partial charge in [0.2, 0.25) is 6.29 Å². The van der Waals surface area contributed by atoms with Gasteiger partial charge in [-0.3, -0.25) is 9.63 Å². The Bertz CT molecular complexity index is 1890. The third-order valence-corrected chi connectivity index (χ3v) is 20.9. The SMILES string of the molecule is CCC1CC(OC)C(CO)OC1OC1C(OC2C(OC(=O)[C@]34CCC(C)(C)CC3C3=CCC5[C@@]6(C)CC[C@H](C)[C@@](C)(C=O)C6CC[C@@]5(C)[C@]3(C)C[C@H]4O)OC(C)C(O)C2ON)OC(C)C(OC)C1O. The first-order valence-corrected chi connectivity index (χ1v) is 26.2. The van der Waals surface area contributed by atoms with Gasteiger partial charge in [0.15, 0.2) is 18.7 Å². The predicted octanol–water partition coefficient (Wildman–Crippen LogP) is 5.52. The van der Waals surface area contributed by atoms with Crippen LogP contribution in [0, 0.1) is 62.1 Å². The lowest BCUT2D eigenvalue weighted by Gasteiger charge is -2.71. The Morgan fingerprint density at radius 1 is 0.812 bits per heavy atom. The first-order valence-electron chi connectivity index (χ1n) is 26.2. The molecule has 24 atom stereocenters. The van der Waals surface area contributed by atoms with Crippen LogP contribution < -0.4 is 5.90 Å². The molecule has 3 aliphatic heterocycles. The molecule has 16 nitrogen and oxygen atoms in total. The van der Waals surface area contributed by atoms with E-state index in [1.807, 2.05) is 6.92 Å². The third kappa shape index (κ3) is 8.45. The Morgan fingerprint density at radius 3 is 2.14 bits per heavy atom. The van der Waals surface area contributed by atoms with E-state index < -0.39 is 102 Å². The minimum absolute atomic E-state index is 0.0683. The van der Waals surface area contributed by atoms with Crippen molar-refractivity contribution in [1.82, 2.24) is 0 Å². The molecule has 0 aromatic carbocycles. The molecule has 0 aromatic heterocycles. The van der Waals surface area contributed by atoms with Crippen molar-refractivity contribution < 1.29 is 72.7 Å². The highest BCUT2D eigenvalue weighted by Crippen LogP contribution is 2.76. The second-order valence-corrected chi connectivity index (χ2v) is 24.6. The molecule has 6 N–H and O–H groups in total. The molecule has 5 aliphatic carbocycles. The van der Waals surface area contributed by atoms with Crippen LogP contribution in [0.5, 0.6) is 0 Å². The smallest absolute Gasteiger partial charge is 0.317 e. The molecule has 4 saturated carbocycles. The fourth-order valence-corrected chi connectivity index (χ4v) is 16.2. The van der Waals surface area contributed by atoms with Crippen LogP contribution in [-0.4, -0.2) is 140 Å². The molecule has 0 spiro atoms. The van der Waals surface area contributed by atoms with Gasteiger partial charge in [-0.15, -0.1) is 0 Å². The van der Waals surface area contributed by atoms with Crippen molar-refractivity contribution in [1.29, 1.82) is 0 Å². The number of hydrogen-bond donors (Lipinski definition) is 5. The van der Waals surface area contributed by atoms with Crippen molar-refractivity contribution in [3.8, 4) is 0 Å². The third-order valence-electron chi connectivity index (χ3n) is 20.9. The first kappa shape index (κ1) is 53.6. The number of esters is 1. The van der Waals surface area contributed by atoms with E-state index in [1.54, 1.807) is 21.0 Å². The van der Waals surface area contributed by atoms with Gasteiger partial charge < -0.3 is 63.1 Å². The summed E-state index contributed by atoms with van der Waals surface area (Å²) >= 11 is 0. The van der Waals surface area contributed by atoms with Crippen LogP contribution >= 0.6 is 0 Å². The zero-order chi connectivity index (χ0) is 50.4. The average Bonchev–Trinajstić information content (AvgIpc) is 3.30. The summed E-state index contributed by atoms with van der Waals surface area (Å²) in [6.07, 6.45) is -3.50. The molecular weight excluding hydrogens is 891 g/mol. The van der Waals surface area contributed by atoms with E-state index in [9.17, 15) is 25.2 Å². The standard InChI is InChI=1S/C53H87NO15/c1-13-30-22-33(61-11)34(25-55)65-44(30)66-42-39(59)40(62-12)29(4)64-45(42)67-43-41(69-54)38(58)28(3)63-46(43)68-47(60)53-21-20-48(5,6)23-32(53)31-14-15-36-49(7)18-16-27(2)50(8,26-56)35(49)17-19-51(36,9)52(31,10)24-37(53)57/h14,26-30,32-46,55,57-59H,13,15-25,54H2,1-12H3/t27-,28?,29?,30?,32?,33?,34?,35?,36?,37+,38?,39?,40?,41?,42?,43?,44?,45?,46?,49-,50+,51+,52+,53+/m0/s1. The highest BCUT2D eigenvalue weighted by molar-refractivity contribution is 5.80. The number of aldehydes is 1. The lowest BCUT2D eigenvalue weighted by atomic mass is 9.33. The van der Waals surface area contributed by atoms with Crippen molar-refractivity contribution in [2.24, 2.45) is 68.0 Å². The van der Waals surface area contributed by atoms with E-state index in [4.69, 9.17) is 48.6 Å². The van der Waals surface area contributed by atoms with Crippen LogP contribution in [0.3, 0.4) is 0 Å². The number of aliphatic hydroxyl groups is 4. The van der Waals surface area contributed by atoms with Gasteiger partial charge >= 0.3 is 5.97 Å². The Balaban J connectivity index is 1.12. The number of nitrogens with two attached hydrogens (primary N) is 1. The maximum Gasteiger partial charge on any atom is 0.317 e. The van der Waals surface area contributed by atoms with Gasteiger partial charge in [-0.2, -0.15) is 0 Å². The number of hydrogen-bond acceptors (Lipinski definition) is 16. The summed E-state index contributed by atoms with van der Waals surface area (Å²) in [5.74, 6) is 5.63. The molecule has 3 saturated heterocycles. The Labute approximate surface area is 410 Å². The number of fused-ring (bicyclic) bond motifs is 7. The number of methoxy groups -OCH3 is 2. The van der Waals surface area contributed by atoms with Crippen LogP contribution in [0.1, 0.15) is 140 Å². The molecule has 16 heteroatoms. The molecule has 8 rings (SSSR count). The van der Waals surface area contributed by atoms with Gasteiger partial charge in [0.05, 0.1) is 31.0 Å². The van der Waals surface area contributed by atoms with E-state index >= 15 is 4.79 Å².